The molecule has 1 unspecified atom stereocenters. The van der Waals surface area contributed by atoms with Gasteiger partial charge in [-0.2, -0.15) is 0 Å². The van der Waals surface area contributed by atoms with Crippen LogP contribution in [-0.4, -0.2) is 22.1 Å². The van der Waals surface area contributed by atoms with Crippen LogP contribution in [0.15, 0.2) is 103 Å². The number of aryl methyl sites for hydroxylation is 1. The lowest BCUT2D eigenvalue weighted by Crippen LogP contribution is -2.27. The lowest BCUT2D eigenvalue weighted by molar-refractivity contribution is -0.117. The van der Waals surface area contributed by atoms with Crippen LogP contribution in [0.1, 0.15) is 30.8 Å². The van der Waals surface area contributed by atoms with Crippen LogP contribution in [0.5, 0.6) is 5.75 Å². The second-order valence-corrected chi connectivity index (χ2v) is 8.80. The molecule has 5 nitrogen and oxygen atoms in total. The molecular formula is C31H29N3O2. The molecule has 0 aliphatic rings. The molecule has 1 amide bonds. The first-order valence-corrected chi connectivity index (χ1v) is 12.3. The molecule has 0 fully saturated rings. The van der Waals surface area contributed by atoms with Gasteiger partial charge in [-0.3, -0.25) is 4.79 Å². The van der Waals surface area contributed by atoms with E-state index in [0.29, 0.717) is 6.61 Å². The van der Waals surface area contributed by atoms with Crippen LogP contribution in [0.4, 0.5) is 0 Å². The van der Waals surface area contributed by atoms with Gasteiger partial charge in [0, 0.05) is 12.6 Å². The zero-order valence-corrected chi connectivity index (χ0v) is 20.3. The van der Waals surface area contributed by atoms with Crippen LogP contribution in [-0.2, 0) is 11.3 Å². The number of rotatable bonds is 9. The van der Waals surface area contributed by atoms with E-state index in [1.807, 2.05) is 79.7 Å². The van der Waals surface area contributed by atoms with Gasteiger partial charge in [-0.15, -0.1) is 0 Å². The third kappa shape index (κ3) is 5.47. The van der Waals surface area contributed by atoms with Crippen LogP contribution in [0.25, 0.3) is 27.9 Å². The Morgan fingerprint density at radius 2 is 1.69 bits per heavy atom. The fourth-order valence-electron chi connectivity index (χ4n) is 4.39. The SMILES string of the molecule is CC(NC(=O)/C=C\c1ccccc1)c1nc2ccccc2n1CCCOc1ccc2ccccc2c1. The van der Waals surface area contributed by atoms with E-state index in [1.165, 1.54) is 10.8 Å². The van der Waals surface area contributed by atoms with Crippen LogP contribution in [0.3, 0.4) is 0 Å². The van der Waals surface area contributed by atoms with Gasteiger partial charge in [0.2, 0.25) is 5.91 Å². The summed E-state index contributed by atoms with van der Waals surface area (Å²) in [4.78, 5) is 17.4. The number of nitrogens with one attached hydrogen (secondary N) is 1. The van der Waals surface area contributed by atoms with E-state index >= 15 is 0 Å². The highest BCUT2D eigenvalue weighted by atomic mass is 16.5. The van der Waals surface area contributed by atoms with E-state index in [2.05, 4.69) is 40.2 Å². The van der Waals surface area contributed by atoms with E-state index in [-0.39, 0.29) is 11.9 Å². The van der Waals surface area contributed by atoms with Gasteiger partial charge in [0.25, 0.3) is 0 Å². The van der Waals surface area contributed by atoms with Gasteiger partial charge in [0.15, 0.2) is 0 Å². The Bertz CT molecular complexity index is 1500. The molecule has 5 heteroatoms. The Morgan fingerprint density at radius 1 is 0.944 bits per heavy atom. The van der Waals surface area contributed by atoms with Crippen molar-refractivity contribution in [1.82, 2.24) is 14.9 Å². The molecule has 0 saturated carbocycles. The molecule has 1 heterocycles. The number of hydrogen-bond acceptors (Lipinski definition) is 3. The van der Waals surface area contributed by atoms with Crippen molar-refractivity contribution in [3.8, 4) is 5.75 Å². The molecule has 0 aliphatic carbocycles. The predicted octanol–water partition coefficient (Wildman–Crippen LogP) is 6.55. The fraction of sp³-hybridized carbons (Fsp3) is 0.161. The number of para-hydroxylation sites is 2. The van der Waals surface area contributed by atoms with Crippen LogP contribution in [0, 0.1) is 0 Å². The summed E-state index contributed by atoms with van der Waals surface area (Å²) in [6, 6.07) is 32.1. The highest BCUT2D eigenvalue weighted by Gasteiger charge is 2.17. The van der Waals surface area contributed by atoms with Crippen molar-refractivity contribution in [2.45, 2.75) is 25.9 Å². The maximum absolute atomic E-state index is 12.6. The number of carbonyl (C=O) groups excluding carboxylic acids is 1. The summed E-state index contributed by atoms with van der Waals surface area (Å²) in [6.07, 6.45) is 4.19. The molecule has 0 aliphatic heterocycles. The fourth-order valence-corrected chi connectivity index (χ4v) is 4.39. The number of carbonyl (C=O) groups is 1. The quantitative estimate of drug-likeness (QED) is 0.194. The first-order chi connectivity index (χ1) is 17.7. The zero-order chi connectivity index (χ0) is 24.7. The second-order valence-electron chi connectivity index (χ2n) is 8.80. The Labute approximate surface area is 211 Å². The Balaban J connectivity index is 1.25. The van der Waals surface area contributed by atoms with E-state index < -0.39 is 0 Å². The average molecular weight is 476 g/mol. The standard InChI is InChI=1S/C31H29N3O2/c1-23(32-30(35)19-16-24-10-3-2-4-11-24)31-33-28-14-7-8-15-29(28)34(31)20-9-21-36-27-18-17-25-12-5-6-13-26(25)22-27/h2-8,10-19,22-23H,9,20-21H2,1H3,(H,32,35)/b19-16-. The summed E-state index contributed by atoms with van der Waals surface area (Å²) in [5.41, 5.74) is 2.96. The van der Waals surface area contributed by atoms with Gasteiger partial charge in [-0.25, -0.2) is 4.98 Å². The van der Waals surface area contributed by atoms with Crippen molar-refractivity contribution in [1.29, 1.82) is 0 Å². The van der Waals surface area contributed by atoms with Crippen molar-refractivity contribution < 1.29 is 9.53 Å². The number of amides is 1. The minimum absolute atomic E-state index is 0.149. The number of benzene rings is 4. The van der Waals surface area contributed by atoms with Gasteiger partial charge in [-0.1, -0.05) is 72.8 Å². The summed E-state index contributed by atoms with van der Waals surface area (Å²) < 4.78 is 8.24. The van der Waals surface area contributed by atoms with Gasteiger partial charge in [0.05, 0.1) is 23.7 Å². The molecule has 1 atom stereocenters. The summed E-state index contributed by atoms with van der Waals surface area (Å²) >= 11 is 0. The Morgan fingerprint density at radius 3 is 2.56 bits per heavy atom. The van der Waals surface area contributed by atoms with Crippen LogP contribution in [0.2, 0.25) is 0 Å². The zero-order valence-electron chi connectivity index (χ0n) is 20.3. The Kier molecular flexibility index (Phi) is 7.08. The number of nitrogens with zero attached hydrogens (tertiary/aromatic N) is 2. The van der Waals surface area contributed by atoms with Crippen molar-refractivity contribution in [3.63, 3.8) is 0 Å². The third-order valence-electron chi connectivity index (χ3n) is 6.17. The minimum Gasteiger partial charge on any atom is -0.494 e. The largest absolute Gasteiger partial charge is 0.494 e. The predicted molar refractivity (Wildman–Crippen MR) is 146 cm³/mol. The average Bonchev–Trinajstić information content (AvgIpc) is 3.29. The van der Waals surface area contributed by atoms with Gasteiger partial charge >= 0.3 is 0 Å². The number of hydrogen-bond donors (Lipinski definition) is 1. The summed E-state index contributed by atoms with van der Waals surface area (Å²) in [5.74, 6) is 1.56. The first-order valence-electron chi connectivity index (χ1n) is 12.3. The van der Waals surface area contributed by atoms with Gasteiger partial charge in [-0.05, 0) is 60.0 Å². The highest BCUT2D eigenvalue weighted by Crippen LogP contribution is 2.23. The van der Waals surface area contributed by atoms with E-state index in [9.17, 15) is 4.79 Å². The molecule has 5 rings (SSSR count). The number of imidazole rings is 1. The number of aromatic nitrogens is 2. The van der Waals surface area contributed by atoms with E-state index in [1.54, 1.807) is 6.08 Å². The maximum Gasteiger partial charge on any atom is 0.244 e. The van der Waals surface area contributed by atoms with Crippen LogP contribution >= 0.6 is 0 Å². The third-order valence-corrected chi connectivity index (χ3v) is 6.17. The summed E-state index contributed by atoms with van der Waals surface area (Å²) in [5, 5.41) is 5.43. The number of fused-ring (bicyclic) bond motifs is 2. The molecular weight excluding hydrogens is 446 g/mol. The van der Waals surface area contributed by atoms with Crippen molar-refractivity contribution in [3.05, 3.63) is 115 Å². The summed E-state index contributed by atoms with van der Waals surface area (Å²) in [7, 11) is 0. The van der Waals surface area contributed by atoms with E-state index in [0.717, 1.165) is 41.1 Å². The topological polar surface area (TPSA) is 56.2 Å². The molecule has 180 valence electrons. The molecule has 4 aromatic carbocycles. The molecule has 0 radical (unpaired) electrons. The normalized spacial score (nSPS) is 12.2. The van der Waals surface area contributed by atoms with Crippen molar-refractivity contribution in [2.75, 3.05) is 6.61 Å². The van der Waals surface area contributed by atoms with Crippen molar-refractivity contribution in [2.24, 2.45) is 0 Å². The molecule has 5 aromatic rings. The minimum atomic E-state index is -0.244. The van der Waals surface area contributed by atoms with E-state index in [4.69, 9.17) is 9.72 Å². The van der Waals surface area contributed by atoms with Gasteiger partial charge in [0.1, 0.15) is 11.6 Å². The number of ether oxygens (including phenoxy) is 1. The maximum atomic E-state index is 12.6. The monoisotopic (exact) mass is 475 g/mol. The highest BCUT2D eigenvalue weighted by molar-refractivity contribution is 5.92. The molecule has 36 heavy (non-hydrogen) atoms. The molecule has 0 saturated heterocycles. The molecule has 1 aromatic heterocycles. The van der Waals surface area contributed by atoms with Crippen LogP contribution < -0.4 is 10.1 Å². The second kappa shape index (κ2) is 10.9. The summed E-state index contributed by atoms with van der Waals surface area (Å²) in [6.45, 7) is 3.30. The molecule has 0 spiro atoms. The van der Waals surface area contributed by atoms with Gasteiger partial charge < -0.3 is 14.6 Å². The van der Waals surface area contributed by atoms with Crippen molar-refractivity contribution >= 4 is 33.8 Å². The Hall–Kier alpha value is -4.38. The first kappa shape index (κ1) is 23.4. The lowest BCUT2D eigenvalue weighted by atomic mass is 10.1. The molecule has 0 bridgehead atoms. The molecule has 1 N–H and O–H groups in total. The smallest absolute Gasteiger partial charge is 0.244 e. The lowest BCUT2D eigenvalue weighted by Gasteiger charge is -2.16.